The molecule has 6 aromatic rings. The Labute approximate surface area is 258 Å². The molecule has 4 aromatic carbocycles. The van der Waals surface area contributed by atoms with Crippen LogP contribution >= 0.6 is 34.9 Å². The van der Waals surface area contributed by atoms with Gasteiger partial charge in [0.1, 0.15) is 22.6 Å². The van der Waals surface area contributed by atoms with E-state index in [1.807, 2.05) is 58.7 Å². The molecule has 0 saturated heterocycles. The largest absolute Gasteiger partial charge is 0.319 e. The van der Waals surface area contributed by atoms with Gasteiger partial charge in [0, 0.05) is 42.7 Å². The number of halogens is 3. The Morgan fingerprint density at radius 1 is 0.977 bits per heavy atom. The number of fused-ring (bicyclic) bond motifs is 1. The van der Waals surface area contributed by atoms with E-state index in [0.29, 0.717) is 43.8 Å². The van der Waals surface area contributed by atoms with E-state index < -0.39 is 23.1 Å². The summed E-state index contributed by atoms with van der Waals surface area (Å²) in [5.41, 5.74) is 4.93. The van der Waals surface area contributed by atoms with Crippen molar-refractivity contribution in [1.82, 2.24) is 3.97 Å². The van der Waals surface area contributed by atoms with Crippen LogP contribution in [0.4, 0.5) is 8.78 Å². The number of aryl methyl sites for hydroxylation is 1. The first-order chi connectivity index (χ1) is 20.8. The summed E-state index contributed by atoms with van der Waals surface area (Å²) in [6.07, 6.45) is 0. The summed E-state index contributed by atoms with van der Waals surface area (Å²) in [5.74, 6) is -2.59. The summed E-state index contributed by atoms with van der Waals surface area (Å²) in [6.45, 7) is 2.00. The molecule has 0 fully saturated rings. The number of amides is 1. The predicted octanol–water partition coefficient (Wildman–Crippen LogP) is 10.3. The minimum absolute atomic E-state index is 0.0621. The first kappa shape index (κ1) is 28.5. The van der Waals surface area contributed by atoms with Crippen molar-refractivity contribution < 1.29 is 13.6 Å². The van der Waals surface area contributed by atoms with Crippen LogP contribution in [0.3, 0.4) is 0 Å². The number of nitriles is 1. The molecule has 2 heterocycles. The van der Waals surface area contributed by atoms with Gasteiger partial charge in [-0.3, -0.25) is 8.77 Å². The number of nitrogens with zero attached hydrogens (tertiary/aromatic N) is 3. The maximum Gasteiger partial charge on any atom is 0.319 e. The van der Waals surface area contributed by atoms with Crippen LogP contribution in [-0.4, -0.2) is 9.88 Å². The maximum absolute atomic E-state index is 14.9. The summed E-state index contributed by atoms with van der Waals surface area (Å²) in [5, 5.41) is 14.7. The number of aromatic nitrogens is 1. The molecule has 2 aromatic heterocycles. The highest BCUT2D eigenvalue weighted by Crippen LogP contribution is 2.47. The van der Waals surface area contributed by atoms with E-state index in [0.717, 1.165) is 28.1 Å². The summed E-state index contributed by atoms with van der Waals surface area (Å²) in [6, 6.07) is 26.1. The molecule has 0 unspecified atom stereocenters. The number of rotatable bonds is 6. The molecular weight excluding hydrogens is 608 g/mol. The molecule has 43 heavy (non-hydrogen) atoms. The third-order valence-corrected chi connectivity index (χ3v) is 9.13. The topological polar surface area (TPSA) is 75.2 Å². The maximum atomic E-state index is 14.9. The Balaban J connectivity index is 1.64. The zero-order valence-electron chi connectivity index (χ0n) is 22.3. The summed E-state index contributed by atoms with van der Waals surface area (Å²) < 4.78 is 31.6. The van der Waals surface area contributed by atoms with Gasteiger partial charge in [-0.1, -0.05) is 47.5 Å². The van der Waals surface area contributed by atoms with Crippen molar-refractivity contribution in [1.29, 1.82) is 5.26 Å². The fourth-order valence-corrected chi connectivity index (χ4v) is 6.95. The van der Waals surface area contributed by atoms with Gasteiger partial charge in [0.2, 0.25) is 0 Å². The van der Waals surface area contributed by atoms with Crippen molar-refractivity contribution in [3.8, 4) is 39.6 Å². The Morgan fingerprint density at radius 2 is 1.74 bits per heavy atom. The van der Waals surface area contributed by atoms with E-state index in [9.17, 15) is 23.7 Å². The first-order valence-electron chi connectivity index (χ1n) is 12.8. The van der Waals surface area contributed by atoms with Crippen LogP contribution in [0.2, 0.25) is 5.02 Å². The van der Waals surface area contributed by atoms with Crippen LogP contribution in [0.1, 0.15) is 20.8 Å². The van der Waals surface area contributed by atoms with Crippen LogP contribution in [0.15, 0.2) is 100 Å². The molecule has 1 amide bonds. The third kappa shape index (κ3) is 5.25. The Kier molecular flexibility index (Phi) is 7.67. The van der Waals surface area contributed by atoms with Gasteiger partial charge in [0.15, 0.2) is 0 Å². The Bertz CT molecular complexity index is 2110. The third-order valence-electron chi connectivity index (χ3n) is 6.96. The Hall–Kier alpha value is -4.62. The lowest BCUT2D eigenvalue weighted by Gasteiger charge is -2.14. The SMILES string of the molecule is Cc1ccc(Sn2c(-c3cccc(-c4cc(F)c(C(=O)N=O)cc4Cl)c3)c(-c3ccsc3C#N)c3cc(F)ccc32)cc1. The van der Waals surface area contributed by atoms with Crippen LogP contribution in [0, 0.1) is 34.8 Å². The molecule has 6 rings (SSSR count). The smallest absolute Gasteiger partial charge is 0.279 e. The van der Waals surface area contributed by atoms with E-state index in [-0.39, 0.29) is 5.02 Å². The lowest BCUT2D eigenvalue weighted by Crippen LogP contribution is -1.99. The van der Waals surface area contributed by atoms with E-state index in [1.165, 1.54) is 35.4 Å². The molecule has 0 radical (unpaired) electrons. The molecule has 0 aliphatic heterocycles. The molecule has 0 atom stereocenters. The molecule has 0 aliphatic rings. The van der Waals surface area contributed by atoms with E-state index in [4.69, 9.17) is 11.6 Å². The lowest BCUT2D eigenvalue weighted by atomic mass is 9.96. The zero-order valence-corrected chi connectivity index (χ0v) is 24.7. The standard InChI is InChI=1S/C33H18ClF2N3O2S2/c1-18-5-8-22(9-6-18)43-39-29-10-7-21(35)14-26(29)31(23-11-12-42-30(23)17-37)32(39)20-4-2-3-19(13-20)24-16-28(36)25(15-27(24)34)33(40)38-41/h2-16H,1H3. The normalized spacial score (nSPS) is 11.0. The van der Waals surface area contributed by atoms with Crippen LogP contribution in [-0.2, 0) is 0 Å². The van der Waals surface area contributed by atoms with Crippen molar-refractivity contribution in [2.75, 3.05) is 0 Å². The van der Waals surface area contributed by atoms with Crippen LogP contribution in [0.25, 0.3) is 44.4 Å². The van der Waals surface area contributed by atoms with Crippen LogP contribution in [0.5, 0.6) is 0 Å². The molecule has 0 spiro atoms. The number of benzene rings is 4. The molecule has 5 nitrogen and oxygen atoms in total. The number of thiophene rings is 1. The van der Waals surface area contributed by atoms with E-state index in [1.54, 1.807) is 18.2 Å². The van der Waals surface area contributed by atoms with Crippen molar-refractivity contribution in [2.45, 2.75) is 11.8 Å². The predicted molar refractivity (Wildman–Crippen MR) is 168 cm³/mol. The number of hydrogen-bond donors (Lipinski definition) is 0. The molecule has 210 valence electrons. The quantitative estimate of drug-likeness (QED) is 0.173. The summed E-state index contributed by atoms with van der Waals surface area (Å²) >= 11 is 9.22. The number of nitroso groups, excluding NO2 is 1. The monoisotopic (exact) mass is 625 g/mol. The van der Waals surface area contributed by atoms with Crippen molar-refractivity contribution in [2.24, 2.45) is 5.18 Å². The number of carbonyl (C=O) groups excluding carboxylic acids is 1. The van der Waals surface area contributed by atoms with Gasteiger partial charge < -0.3 is 0 Å². The van der Waals surface area contributed by atoms with Crippen LogP contribution < -0.4 is 0 Å². The second kappa shape index (κ2) is 11.6. The van der Waals surface area contributed by atoms with Gasteiger partial charge in [0.05, 0.1) is 16.8 Å². The molecule has 0 aliphatic carbocycles. The molecule has 0 bridgehead atoms. The fraction of sp³-hybridized carbons (Fsp3) is 0.0303. The van der Waals surface area contributed by atoms with Gasteiger partial charge in [-0.15, -0.1) is 16.2 Å². The second-order valence-electron chi connectivity index (χ2n) is 9.65. The first-order valence-corrected chi connectivity index (χ1v) is 14.9. The summed E-state index contributed by atoms with van der Waals surface area (Å²) in [7, 11) is 0. The molecular formula is C33H18ClF2N3O2S2. The Morgan fingerprint density at radius 3 is 2.49 bits per heavy atom. The fourth-order valence-electron chi connectivity index (χ4n) is 4.98. The van der Waals surface area contributed by atoms with Gasteiger partial charge in [0.25, 0.3) is 0 Å². The van der Waals surface area contributed by atoms with Gasteiger partial charge in [-0.25, -0.2) is 8.78 Å². The molecule has 0 saturated carbocycles. The van der Waals surface area contributed by atoms with Crippen molar-refractivity contribution in [3.05, 3.63) is 128 Å². The highest BCUT2D eigenvalue weighted by molar-refractivity contribution is 7.98. The highest BCUT2D eigenvalue weighted by Gasteiger charge is 2.25. The zero-order chi connectivity index (χ0) is 30.2. The summed E-state index contributed by atoms with van der Waals surface area (Å²) in [4.78, 5) is 23.9. The van der Waals surface area contributed by atoms with Crippen molar-refractivity contribution in [3.63, 3.8) is 0 Å². The minimum atomic E-state index is -1.25. The van der Waals surface area contributed by atoms with Gasteiger partial charge in [-0.2, -0.15) is 5.26 Å². The number of hydrogen-bond acceptors (Lipinski definition) is 5. The molecule has 10 heteroatoms. The second-order valence-corrected chi connectivity index (χ2v) is 12.0. The number of carbonyl (C=O) groups is 1. The molecule has 0 N–H and O–H groups in total. The lowest BCUT2D eigenvalue weighted by molar-refractivity contribution is 0.0997. The van der Waals surface area contributed by atoms with Gasteiger partial charge >= 0.3 is 5.91 Å². The minimum Gasteiger partial charge on any atom is -0.279 e. The average molecular weight is 626 g/mol. The van der Waals surface area contributed by atoms with E-state index in [2.05, 4.69) is 11.2 Å². The van der Waals surface area contributed by atoms with Gasteiger partial charge in [-0.05, 0) is 84.4 Å². The average Bonchev–Trinajstić information content (AvgIpc) is 3.60. The van der Waals surface area contributed by atoms with Crippen molar-refractivity contribution >= 4 is 51.7 Å². The highest BCUT2D eigenvalue weighted by atomic mass is 35.5. The van der Waals surface area contributed by atoms with E-state index >= 15 is 0 Å².